The number of alkyl halides is 1. The van der Waals surface area contributed by atoms with Gasteiger partial charge in [0, 0.05) is 49.2 Å². The Morgan fingerprint density at radius 2 is 1.80 bits per heavy atom. The van der Waals surface area contributed by atoms with Gasteiger partial charge in [0.2, 0.25) is 0 Å². The Morgan fingerprint density at radius 1 is 1.02 bits per heavy atom. The second-order valence-electron chi connectivity index (χ2n) is 10.8. The van der Waals surface area contributed by atoms with Gasteiger partial charge in [-0.2, -0.15) is 10.2 Å². The molecule has 0 bridgehead atoms. The van der Waals surface area contributed by atoms with Crippen LogP contribution in [-0.4, -0.2) is 54.8 Å². The van der Waals surface area contributed by atoms with E-state index in [4.69, 9.17) is 5.10 Å². The van der Waals surface area contributed by atoms with Crippen molar-refractivity contribution in [2.45, 2.75) is 32.0 Å². The van der Waals surface area contributed by atoms with Crippen LogP contribution in [-0.2, 0) is 7.05 Å². The van der Waals surface area contributed by atoms with Crippen LogP contribution >= 0.6 is 0 Å². The van der Waals surface area contributed by atoms with Gasteiger partial charge in [0.1, 0.15) is 17.7 Å². The minimum absolute atomic E-state index is 0.0643. The van der Waals surface area contributed by atoms with Crippen LogP contribution in [0, 0.1) is 5.82 Å². The number of fused-ring (bicyclic) bond motifs is 2. The van der Waals surface area contributed by atoms with Crippen LogP contribution in [0.1, 0.15) is 53.6 Å². The predicted molar refractivity (Wildman–Crippen MR) is 152 cm³/mol. The third-order valence-electron chi connectivity index (χ3n) is 8.22. The maximum atomic E-state index is 15.4. The second kappa shape index (κ2) is 9.79. The average Bonchev–Trinajstić information content (AvgIpc) is 3.75. The SMILES string of the molecule is CC1c2ccccc2C(F)CN1C(=O)c1cc(-c2cnn(C)c2)n2nc(-c3ccc(N4CCCC4)cc3F)cc2n1. The summed E-state index contributed by atoms with van der Waals surface area (Å²) in [5, 5.41) is 8.99. The fraction of sp³-hybridized carbons (Fsp3) is 0.290. The smallest absolute Gasteiger partial charge is 0.273 e. The van der Waals surface area contributed by atoms with E-state index in [1.54, 1.807) is 52.8 Å². The zero-order valence-corrected chi connectivity index (χ0v) is 22.8. The molecule has 8 nitrogen and oxygen atoms in total. The molecule has 0 aliphatic carbocycles. The Hall–Kier alpha value is -4.60. The van der Waals surface area contributed by atoms with Crippen LogP contribution < -0.4 is 4.90 Å². The lowest BCUT2D eigenvalue weighted by atomic mass is 9.92. The lowest BCUT2D eigenvalue weighted by molar-refractivity contribution is 0.0585. The molecule has 5 aromatic rings. The van der Waals surface area contributed by atoms with Crippen molar-refractivity contribution in [3.05, 3.63) is 89.6 Å². The molecule has 0 N–H and O–H groups in total. The number of carbonyl (C=O) groups is 1. The summed E-state index contributed by atoms with van der Waals surface area (Å²) in [4.78, 5) is 22.2. The molecule has 5 heterocycles. The van der Waals surface area contributed by atoms with Gasteiger partial charge in [0.05, 0.1) is 30.2 Å². The first kappa shape index (κ1) is 25.4. The van der Waals surface area contributed by atoms with E-state index in [1.165, 1.54) is 4.90 Å². The van der Waals surface area contributed by atoms with Gasteiger partial charge in [0.15, 0.2) is 5.65 Å². The summed E-state index contributed by atoms with van der Waals surface area (Å²) in [6.07, 6.45) is 4.41. The molecule has 41 heavy (non-hydrogen) atoms. The third-order valence-corrected chi connectivity index (χ3v) is 8.22. The van der Waals surface area contributed by atoms with Gasteiger partial charge in [0.25, 0.3) is 5.91 Å². The number of amides is 1. The van der Waals surface area contributed by atoms with E-state index in [9.17, 15) is 4.79 Å². The predicted octanol–water partition coefficient (Wildman–Crippen LogP) is 5.76. The molecule has 0 spiro atoms. The zero-order valence-electron chi connectivity index (χ0n) is 22.8. The van der Waals surface area contributed by atoms with Gasteiger partial charge in [-0.3, -0.25) is 9.48 Å². The van der Waals surface area contributed by atoms with Crippen molar-refractivity contribution < 1.29 is 13.6 Å². The molecule has 3 aromatic heterocycles. The molecule has 0 radical (unpaired) electrons. The zero-order chi connectivity index (χ0) is 28.2. The highest BCUT2D eigenvalue weighted by Gasteiger charge is 2.34. The van der Waals surface area contributed by atoms with Crippen LogP contribution in [0.4, 0.5) is 14.5 Å². The molecule has 1 saturated heterocycles. The van der Waals surface area contributed by atoms with Gasteiger partial charge < -0.3 is 9.80 Å². The Labute approximate surface area is 235 Å². The summed E-state index contributed by atoms with van der Waals surface area (Å²) in [5.74, 6) is -0.752. The monoisotopic (exact) mass is 553 g/mol. The van der Waals surface area contributed by atoms with Crippen molar-refractivity contribution in [2.75, 3.05) is 24.5 Å². The van der Waals surface area contributed by atoms with Crippen LogP contribution in [0.25, 0.3) is 28.2 Å². The van der Waals surface area contributed by atoms with Crippen molar-refractivity contribution in [1.29, 1.82) is 0 Å². The number of aromatic nitrogens is 5. The summed E-state index contributed by atoms with van der Waals surface area (Å²) in [5.41, 5.74) is 4.85. The normalized spacial score (nSPS) is 18.7. The maximum Gasteiger partial charge on any atom is 0.273 e. The van der Waals surface area contributed by atoms with Gasteiger partial charge in [-0.15, -0.1) is 0 Å². The quantitative estimate of drug-likeness (QED) is 0.283. The summed E-state index contributed by atoms with van der Waals surface area (Å²) < 4.78 is 33.8. The fourth-order valence-electron chi connectivity index (χ4n) is 6.04. The fourth-order valence-corrected chi connectivity index (χ4v) is 6.04. The molecular weight excluding hydrogens is 524 g/mol. The molecule has 7 rings (SSSR count). The summed E-state index contributed by atoms with van der Waals surface area (Å²) in [7, 11) is 1.80. The van der Waals surface area contributed by atoms with E-state index in [-0.39, 0.29) is 30.0 Å². The number of aryl methyl sites for hydroxylation is 1. The van der Waals surface area contributed by atoms with E-state index in [2.05, 4.69) is 15.0 Å². The molecule has 2 unspecified atom stereocenters. The highest BCUT2D eigenvalue weighted by atomic mass is 19.1. The number of halogens is 2. The van der Waals surface area contributed by atoms with E-state index in [1.807, 2.05) is 37.4 Å². The van der Waals surface area contributed by atoms with Gasteiger partial charge in [-0.05, 0) is 55.2 Å². The molecule has 208 valence electrons. The largest absolute Gasteiger partial charge is 0.371 e. The van der Waals surface area contributed by atoms with Gasteiger partial charge in [-0.25, -0.2) is 18.3 Å². The van der Waals surface area contributed by atoms with Crippen LogP contribution in [0.2, 0.25) is 0 Å². The van der Waals surface area contributed by atoms with Gasteiger partial charge in [-0.1, -0.05) is 24.3 Å². The van der Waals surface area contributed by atoms with E-state index >= 15 is 8.78 Å². The summed E-state index contributed by atoms with van der Waals surface area (Å²) in [6.45, 7) is 3.68. The minimum Gasteiger partial charge on any atom is -0.371 e. The highest BCUT2D eigenvalue weighted by Crippen LogP contribution is 2.37. The Kier molecular flexibility index (Phi) is 6.06. The molecule has 2 aromatic carbocycles. The molecule has 2 aliphatic heterocycles. The number of rotatable bonds is 4. The molecule has 1 amide bonds. The first-order chi connectivity index (χ1) is 19.9. The first-order valence-corrected chi connectivity index (χ1v) is 13.9. The minimum atomic E-state index is -1.29. The molecule has 0 saturated carbocycles. The second-order valence-corrected chi connectivity index (χ2v) is 10.8. The Bertz CT molecular complexity index is 1790. The molecule has 2 atom stereocenters. The van der Waals surface area contributed by atoms with E-state index in [0.29, 0.717) is 33.7 Å². The number of anilines is 1. The van der Waals surface area contributed by atoms with Crippen LogP contribution in [0.15, 0.2) is 67.0 Å². The standard InChI is InChI=1S/C31H29F2N7O/c1-19-22-7-3-4-8-23(22)26(33)18-39(19)31(41)28-14-29(20-16-34-37(2)17-20)40-30(35-28)15-27(36-40)24-10-9-21(13-25(24)32)38-11-5-6-12-38/h3-4,7-10,13-17,19,26H,5-6,11-12,18H2,1-2H3. The average molecular weight is 554 g/mol. The van der Waals surface area contributed by atoms with Crippen LogP contribution in [0.3, 0.4) is 0 Å². The van der Waals surface area contributed by atoms with Gasteiger partial charge >= 0.3 is 0 Å². The maximum absolute atomic E-state index is 15.4. The Balaban J connectivity index is 1.31. The van der Waals surface area contributed by atoms with Crippen molar-refractivity contribution >= 4 is 17.2 Å². The molecule has 10 heteroatoms. The highest BCUT2D eigenvalue weighted by molar-refractivity contribution is 5.94. The number of hydrogen-bond donors (Lipinski definition) is 0. The number of benzene rings is 2. The van der Waals surface area contributed by atoms with Crippen molar-refractivity contribution in [1.82, 2.24) is 29.3 Å². The first-order valence-electron chi connectivity index (χ1n) is 13.9. The summed E-state index contributed by atoms with van der Waals surface area (Å²) in [6, 6.07) is 15.5. The third kappa shape index (κ3) is 4.34. The van der Waals surface area contributed by atoms with E-state index in [0.717, 1.165) is 37.2 Å². The number of hydrogen-bond acceptors (Lipinski definition) is 5. The Morgan fingerprint density at radius 3 is 2.54 bits per heavy atom. The molecular formula is C31H29F2N7O. The van der Waals surface area contributed by atoms with Crippen molar-refractivity contribution in [3.8, 4) is 22.5 Å². The molecule has 1 fully saturated rings. The van der Waals surface area contributed by atoms with Crippen molar-refractivity contribution in [2.24, 2.45) is 7.05 Å². The lowest BCUT2D eigenvalue weighted by Crippen LogP contribution is -2.40. The van der Waals surface area contributed by atoms with E-state index < -0.39 is 6.17 Å². The van der Waals surface area contributed by atoms with Crippen molar-refractivity contribution in [3.63, 3.8) is 0 Å². The lowest BCUT2D eigenvalue weighted by Gasteiger charge is -2.36. The number of nitrogens with zero attached hydrogens (tertiary/aromatic N) is 7. The van der Waals surface area contributed by atoms with Crippen LogP contribution in [0.5, 0.6) is 0 Å². The number of carbonyl (C=O) groups excluding carboxylic acids is 1. The topological polar surface area (TPSA) is 71.6 Å². The molecule has 2 aliphatic rings. The summed E-state index contributed by atoms with van der Waals surface area (Å²) >= 11 is 0.